The van der Waals surface area contributed by atoms with Crippen molar-refractivity contribution in [3.05, 3.63) is 87.7 Å². The molecular weight excluding hydrogens is 523 g/mol. The fraction of sp³-hybridized carbons (Fsp3) is 0.310. The molecule has 2 heterocycles. The number of carbonyl (C=O) groups is 2. The number of carbonyl (C=O) groups excluding carboxylic acids is 2. The van der Waals surface area contributed by atoms with Gasteiger partial charge in [0.15, 0.2) is 0 Å². The first kappa shape index (κ1) is 26.4. The van der Waals surface area contributed by atoms with Gasteiger partial charge >= 0.3 is 0 Å². The third-order valence-corrected chi connectivity index (χ3v) is 8.66. The van der Waals surface area contributed by atoms with Crippen molar-refractivity contribution in [2.45, 2.75) is 25.6 Å². The molecule has 0 aromatic heterocycles. The van der Waals surface area contributed by atoms with Gasteiger partial charge in [0.05, 0.1) is 11.4 Å². The number of halogens is 2. The number of anilines is 3. The summed E-state index contributed by atoms with van der Waals surface area (Å²) in [5.41, 5.74) is 6.11. The summed E-state index contributed by atoms with van der Waals surface area (Å²) < 4.78 is 14.0. The van der Waals surface area contributed by atoms with E-state index in [-0.39, 0.29) is 17.6 Å². The molecule has 9 heteroatoms. The second kappa shape index (κ2) is 11.3. The molecule has 2 N–H and O–H groups in total. The predicted octanol–water partition coefficient (Wildman–Crippen LogP) is 5.72. The van der Waals surface area contributed by atoms with Crippen molar-refractivity contribution in [2.75, 3.05) is 47.5 Å². The molecule has 1 saturated heterocycles. The quantitative estimate of drug-likeness (QED) is 0.409. The van der Waals surface area contributed by atoms with Gasteiger partial charge in [-0.05, 0) is 61.4 Å². The number of benzene rings is 3. The number of fused-ring (bicyclic) bond motifs is 1. The summed E-state index contributed by atoms with van der Waals surface area (Å²) in [5, 5.41) is 6.56. The first-order valence-corrected chi connectivity index (χ1v) is 14.2. The normalized spacial score (nSPS) is 17.1. The van der Waals surface area contributed by atoms with Crippen LogP contribution in [0.2, 0.25) is 5.02 Å². The molecule has 0 bridgehead atoms. The average molecular weight is 553 g/mol. The average Bonchev–Trinajstić information content (AvgIpc) is 2.91. The molecule has 1 fully saturated rings. The summed E-state index contributed by atoms with van der Waals surface area (Å²) >= 11 is 7.54. The van der Waals surface area contributed by atoms with E-state index in [0.717, 1.165) is 18.8 Å². The Morgan fingerprint density at radius 2 is 1.82 bits per heavy atom. The summed E-state index contributed by atoms with van der Waals surface area (Å²) in [6, 6.07) is 15.8. The highest BCUT2D eigenvalue weighted by molar-refractivity contribution is 7.98. The van der Waals surface area contributed by atoms with Crippen LogP contribution >= 0.6 is 23.4 Å². The molecule has 38 heavy (non-hydrogen) atoms. The molecule has 5 rings (SSSR count). The maximum absolute atomic E-state index is 14.0. The summed E-state index contributed by atoms with van der Waals surface area (Å²) in [6.07, 6.45) is 0. The van der Waals surface area contributed by atoms with Crippen LogP contribution in [0.4, 0.5) is 21.5 Å². The van der Waals surface area contributed by atoms with Crippen LogP contribution in [-0.2, 0) is 10.5 Å². The van der Waals surface area contributed by atoms with E-state index >= 15 is 0 Å². The van der Waals surface area contributed by atoms with Crippen LogP contribution < -0.4 is 15.5 Å². The van der Waals surface area contributed by atoms with Gasteiger partial charge in [-0.15, -0.1) is 0 Å². The summed E-state index contributed by atoms with van der Waals surface area (Å²) in [5.74, 6) is 0.244. The molecule has 1 unspecified atom stereocenters. The highest BCUT2D eigenvalue weighted by atomic mass is 35.5. The van der Waals surface area contributed by atoms with Gasteiger partial charge < -0.3 is 20.4 Å². The van der Waals surface area contributed by atoms with E-state index in [9.17, 15) is 14.0 Å². The molecule has 3 aromatic rings. The molecule has 3 aromatic carbocycles. The van der Waals surface area contributed by atoms with Crippen molar-refractivity contribution in [1.29, 1.82) is 0 Å². The van der Waals surface area contributed by atoms with Crippen molar-refractivity contribution < 1.29 is 14.0 Å². The Labute approximate surface area is 231 Å². The van der Waals surface area contributed by atoms with E-state index in [1.807, 2.05) is 11.0 Å². The number of aryl methyl sites for hydroxylation is 1. The van der Waals surface area contributed by atoms with Gasteiger partial charge in [-0.3, -0.25) is 9.59 Å². The number of amides is 2. The van der Waals surface area contributed by atoms with Crippen LogP contribution in [0.15, 0.2) is 54.6 Å². The lowest BCUT2D eigenvalue weighted by Gasteiger charge is -2.37. The first-order chi connectivity index (χ1) is 18.3. The highest BCUT2D eigenvalue weighted by Crippen LogP contribution is 2.31. The largest absolute Gasteiger partial charge is 0.371 e. The predicted molar refractivity (Wildman–Crippen MR) is 154 cm³/mol. The Kier molecular flexibility index (Phi) is 7.81. The monoisotopic (exact) mass is 552 g/mol. The Balaban J connectivity index is 1.18. The Hall–Kier alpha value is -3.23. The molecule has 1 atom stereocenters. The molecule has 198 valence electrons. The fourth-order valence-corrected chi connectivity index (χ4v) is 6.25. The van der Waals surface area contributed by atoms with Gasteiger partial charge in [0.2, 0.25) is 5.91 Å². The van der Waals surface area contributed by atoms with Gasteiger partial charge in [0.25, 0.3) is 5.91 Å². The molecule has 2 aliphatic rings. The lowest BCUT2D eigenvalue weighted by Crippen LogP contribution is -2.49. The number of rotatable bonds is 6. The number of nitrogens with zero attached hydrogens (tertiary/aromatic N) is 2. The minimum atomic E-state index is -0.474. The lowest BCUT2D eigenvalue weighted by molar-refractivity contribution is -0.116. The number of hydrogen-bond acceptors (Lipinski definition) is 5. The van der Waals surface area contributed by atoms with Gasteiger partial charge in [0.1, 0.15) is 11.9 Å². The smallest absolute Gasteiger partial charge is 0.254 e. The van der Waals surface area contributed by atoms with E-state index in [1.54, 1.807) is 24.3 Å². The maximum Gasteiger partial charge on any atom is 0.254 e. The van der Waals surface area contributed by atoms with E-state index in [0.29, 0.717) is 46.4 Å². The number of nitrogens with one attached hydrogen (secondary N) is 2. The van der Waals surface area contributed by atoms with Gasteiger partial charge in [-0.1, -0.05) is 29.8 Å². The molecule has 0 radical (unpaired) electrons. The molecule has 0 spiro atoms. The van der Waals surface area contributed by atoms with Crippen LogP contribution in [0, 0.1) is 19.7 Å². The number of piperazine rings is 1. The van der Waals surface area contributed by atoms with E-state index in [4.69, 9.17) is 11.6 Å². The molecule has 2 amide bonds. The molecule has 0 saturated carbocycles. The third kappa shape index (κ3) is 5.47. The van der Waals surface area contributed by atoms with Crippen molar-refractivity contribution in [2.24, 2.45) is 0 Å². The highest BCUT2D eigenvalue weighted by Gasteiger charge is 2.28. The second-order valence-electron chi connectivity index (χ2n) is 9.66. The van der Waals surface area contributed by atoms with Crippen LogP contribution in [0.3, 0.4) is 0 Å². The van der Waals surface area contributed by atoms with Crippen molar-refractivity contribution in [3.63, 3.8) is 0 Å². The van der Waals surface area contributed by atoms with Gasteiger partial charge in [-0.2, -0.15) is 11.8 Å². The van der Waals surface area contributed by atoms with Gasteiger partial charge in [0, 0.05) is 59.5 Å². The minimum absolute atomic E-state index is 0.0397. The van der Waals surface area contributed by atoms with Crippen LogP contribution in [0.5, 0.6) is 0 Å². The SMILES string of the molecule is Cc1cccc(N2CCN(C(=O)c3ccc4c(c3)NC(=O)C(CSCc3c(F)cccc3Cl)N4)CC2)c1C. The van der Waals surface area contributed by atoms with Crippen LogP contribution in [-0.4, -0.2) is 54.7 Å². The summed E-state index contributed by atoms with van der Waals surface area (Å²) in [6.45, 7) is 7.08. The Bertz CT molecular complexity index is 1360. The van der Waals surface area contributed by atoms with Crippen molar-refractivity contribution in [1.82, 2.24) is 4.90 Å². The van der Waals surface area contributed by atoms with E-state index < -0.39 is 6.04 Å². The van der Waals surface area contributed by atoms with Crippen molar-refractivity contribution >= 4 is 52.2 Å². The Morgan fingerprint density at radius 3 is 2.58 bits per heavy atom. The maximum atomic E-state index is 14.0. The van der Waals surface area contributed by atoms with Crippen molar-refractivity contribution in [3.8, 4) is 0 Å². The second-order valence-corrected chi connectivity index (χ2v) is 11.1. The third-order valence-electron chi connectivity index (χ3n) is 7.25. The molecular formula is C29H30ClFN4O2S. The van der Waals surface area contributed by atoms with Crippen LogP contribution in [0.1, 0.15) is 27.0 Å². The fourth-order valence-electron chi connectivity index (χ4n) is 4.86. The topological polar surface area (TPSA) is 64.7 Å². The summed E-state index contributed by atoms with van der Waals surface area (Å²) in [4.78, 5) is 30.2. The molecule has 0 aliphatic carbocycles. The lowest BCUT2D eigenvalue weighted by atomic mass is 10.1. The van der Waals surface area contributed by atoms with Crippen LogP contribution in [0.25, 0.3) is 0 Å². The zero-order valence-electron chi connectivity index (χ0n) is 21.4. The minimum Gasteiger partial charge on any atom is -0.371 e. The first-order valence-electron chi connectivity index (χ1n) is 12.6. The standard InChI is InChI=1S/C29H30ClFN4O2S/c1-18-5-3-8-27(19(18)2)34-11-13-35(14-12-34)29(37)20-9-10-24-25(15-20)33-28(36)26(32-24)17-38-16-21-22(30)6-4-7-23(21)31/h3-10,15,26,32H,11-14,16-17H2,1-2H3,(H,33,36). The van der Waals surface area contributed by atoms with E-state index in [1.165, 1.54) is 34.6 Å². The Morgan fingerprint density at radius 1 is 1.05 bits per heavy atom. The number of thioether (sulfide) groups is 1. The zero-order valence-corrected chi connectivity index (χ0v) is 23.0. The zero-order chi connectivity index (χ0) is 26.8. The number of hydrogen-bond donors (Lipinski definition) is 2. The summed E-state index contributed by atoms with van der Waals surface area (Å²) in [7, 11) is 0. The molecule has 2 aliphatic heterocycles. The van der Waals surface area contributed by atoms with Gasteiger partial charge in [-0.25, -0.2) is 4.39 Å². The van der Waals surface area contributed by atoms with E-state index in [2.05, 4.69) is 47.6 Å². The molecule has 6 nitrogen and oxygen atoms in total.